The number of piperidine rings is 1. The van der Waals surface area contributed by atoms with Crippen molar-refractivity contribution in [3.05, 3.63) is 78.1 Å². The SMILES string of the molecule is O=C1O[C@H](CC(=O)N2CCC[C@H](c3ncncc3-c3ccncc3)C2)c2ccccc21. The van der Waals surface area contributed by atoms with Crippen molar-refractivity contribution in [3.63, 3.8) is 0 Å². The second-order valence-electron chi connectivity index (χ2n) is 7.92. The minimum Gasteiger partial charge on any atom is -0.453 e. The van der Waals surface area contributed by atoms with Crippen LogP contribution in [0.25, 0.3) is 11.1 Å². The molecular weight excluding hydrogens is 392 g/mol. The third kappa shape index (κ3) is 3.79. The molecule has 2 aliphatic heterocycles. The Labute approximate surface area is 180 Å². The van der Waals surface area contributed by atoms with Crippen molar-refractivity contribution in [2.75, 3.05) is 13.1 Å². The van der Waals surface area contributed by atoms with Crippen LogP contribution in [0.15, 0.2) is 61.3 Å². The summed E-state index contributed by atoms with van der Waals surface area (Å²) in [6.07, 6.45) is 8.41. The predicted octanol–water partition coefficient (Wildman–Crippen LogP) is 3.55. The van der Waals surface area contributed by atoms with Gasteiger partial charge in [0.15, 0.2) is 0 Å². The predicted molar refractivity (Wildman–Crippen MR) is 113 cm³/mol. The van der Waals surface area contributed by atoms with Crippen LogP contribution in [0.1, 0.15) is 52.9 Å². The Morgan fingerprint density at radius 3 is 2.81 bits per heavy atom. The summed E-state index contributed by atoms with van der Waals surface area (Å²) in [5.41, 5.74) is 4.30. The van der Waals surface area contributed by atoms with Crippen molar-refractivity contribution in [2.45, 2.75) is 31.3 Å². The highest BCUT2D eigenvalue weighted by Gasteiger charge is 2.35. The number of hydrogen-bond donors (Lipinski definition) is 0. The molecule has 1 saturated heterocycles. The molecule has 0 bridgehead atoms. The summed E-state index contributed by atoms with van der Waals surface area (Å²) in [6, 6.07) is 11.2. The second kappa shape index (κ2) is 8.26. The maximum atomic E-state index is 13.1. The molecule has 1 amide bonds. The summed E-state index contributed by atoms with van der Waals surface area (Å²) < 4.78 is 5.47. The molecule has 0 N–H and O–H groups in total. The first-order valence-corrected chi connectivity index (χ1v) is 10.5. The lowest BCUT2D eigenvalue weighted by molar-refractivity contribution is -0.134. The number of carbonyl (C=O) groups is 2. The van der Waals surface area contributed by atoms with E-state index in [1.54, 1.807) is 24.8 Å². The number of hydrogen-bond acceptors (Lipinski definition) is 6. The number of esters is 1. The van der Waals surface area contributed by atoms with Crippen molar-refractivity contribution >= 4 is 11.9 Å². The van der Waals surface area contributed by atoms with Crippen LogP contribution in [-0.4, -0.2) is 44.8 Å². The molecule has 7 nitrogen and oxygen atoms in total. The highest BCUT2D eigenvalue weighted by atomic mass is 16.5. The summed E-state index contributed by atoms with van der Waals surface area (Å²) >= 11 is 0. The van der Waals surface area contributed by atoms with E-state index in [-0.39, 0.29) is 24.2 Å². The van der Waals surface area contributed by atoms with E-state index < -0.39 is 6.10 Å². The summed E-state index contributed by atoms with van der Waals surface area (Å²) in [7, 11) is 0. The molecule has 5 rings (SSSR count). The zero-order chi connectivity index (χ0) is 21.2. The molecule has 0 aliphatic carbocycles. The number of benzene rings is 1. The van der Waals surface area contributed by atoms with Gasteiger partial charge in [-0.2, -0.15) is 0 Å². The van der Waals surface area contributed by atoms with Crippen molar-refractivity contribution in [1.82, 2.24) is 19.9 Å². The number of aromatic nitrogens is 3. The summed E-state index contributed by atoms with van der Waals surface area (Å²) in [6.45, 7) is 1.30. The Balaban J connectivity index is 1.33. The number of nitrogens with zero attached hydrogens (tertiary/aromatic N) is 4. The number of rotatable bonds is 4. The lowest BCUT2D eigenvalue weighted by Gasteiger charge is -2.33. The van der Waals surface area contributed by atoms with Gasteiger partial charge < -0.3 is 9.64 Å². The largest absolute Gasteiger partial charge is 0.453 e. The maximum Gasteiger partial charge on any atom is 0.339 e. The maximum absolute atomic E-state index is 13.1. The molecule has 156 valence electrons. The highest BCUT2D eigenvalue weighted by molar-refractivity contribution is 5.94. The van der Waals surface area contributed by atoms with E-state index in [4.69, 9.17) is 4.74 Å². The number of fused-ring (bicyclic) bond motifs is 1. The van der Waals surface area contributed by atoms with Gasteiger partial charge in [0.25, 0.3) is 0 Å². The molecule has 31 heavy (non-hydrogen) atoms. The molecule has 0 spiro atoms. The third-order valence-electron chi connectivity index (χ3n) is 6.03. The second-order valence-corrected chi connectivity index (χ2v) is 7.92. The fourth-order valence-corrected chi connectivity index (χ4v) is 4.50. The van der Waals surface area contributed by atoms with Gasteiger partial charge in [-0.05, 0) is 36.6 Å². The van der Waals surface area contributed by atoms with Crippen molar-refractivity contribution < 1.29 is 14.3 Å². The van der Waals surface area contributed by atoms with E-state index in [2.05, 4.69) is 15.0 Å². The standard InChI is InChI=1S/C24H22N4O3/c29-22(12-21-18-5-1-2-6-19(18)24(30)31-21)28-11-3-4-17(14-28)23-20(13-26-15-27-23)16-7-9-25-10-8-16/h1-2,5-10,13,15,17,21H,3-4,11-12,14H2/t17-,21+/m0/s1. The molecule has 0 radical (unpaired) electrons. The summed E-state index contributed by atoms with van der Waals surface area (Å²) in [5, 5.41) is 0. The molecular formula is C24H22N4O3. The number of amides is 1. The van der Waals surface area contributed by atoms with Crippen LogP contribution in [0.3, 0.4) is 0 Å². The molecule has 0 unspecified atom stereocenters. The average Bonchev–Trinajstić information content (AvgIpc) is 3.15. The van der Waals surface area contributed by atoms with Crippen LogP contribution < -0.4 is 0 Å². The third-order valence-corrected chi connectivity index (χ3v) is 6.03. The molecule has 7 heteroatoms. The number of cyclic esters (lactones) is 1. The highest BCUT2D eigenvalue weighted by Crippen LogP contribution is 2.35. The topological polar surface area (TPSA) is 85.3 Å². The molecule has 0 saturated carbocycles. The zero-order valence-corrected chi connectivity index (χ0v) is 17.0. The quantitative estimate of drug-likeness (QED) is 0.607. The lowest BCUT2D eigenvalue weighted by atomic mass is 9.90. The Morgan fingerprint density at radius 1 is 1.10 bits per heavy atom. The van der Waals surface area contributed by atoms with Gasteiger partial charge in [-0.15, -0.1) is 0 Å². The molecule has 3 aromatic rings. The smallest absolute Gasteiger partial charge is 0.339 e. The van der Waals surface area contributed by atoms with Crippen molar-refractivity contribution in [2.24, 2.45) is 0 Å². The van der Waals surface area contributed by atoms with Crippen molar-refractivity contribution in [1.29, 1.82) is 0 Å². The van der Waals surface area contributed by atoms with E-state index in [1.807, 2.05) is 41.4 Å². The van der Waals surface area contributed by atoms with Gasteiger partial charge >= 0.3 is 5.97 Å². The van der Waals surface area contributed by atoms with Gasteiger partial charge in [-0.1, -0.05) is 18.2 Å². The fraction of sp³-hybridized carbons (Fsp3) is 0.292. The molecule has 2 atom stereocenters. The number of carbonyl (C=O) groups excluding carboxylic acids is 2. The monoisotopic (exact) mass is 414 g/mol. The van der Waals surface area contributed by atoms with E-state index in [0.29, 0.717) is 18.7 Å². The number of pyridine rings is 1. The van der Waals surface area contributed by atoms with Gasteiger partial charge in [-0.25, -0.2) is 14.8 Å². The van der Waals surface area contributed by atoms with Crippen LogP contribution in [0.2, 0.25) is 0 Å². The lowest BCUT2D eigenvalue weighted by Crippen LogP contribution is -2.40. The van der Waals surface area contributed by atoms with E-state index >= 15 is 0 Å². The molecule has 2 aliphatic rings. The first kappa shape index (κ1) is 19.4. The summed E-state index contributed by atoms with van der Waals surface area (Å²) in [5.74, 6) is -0.228. The van der Waals surface area contributed by atoms with Gasteiger partial charge in [0.05, 0.1) is 17.7 Å². The van der Waals surface area contributed by atoms with Crippen LogP contribution in [0, 0.1) is 0 Å². The van der Waals surface area contributed by atoms with E-state index in [0.717, 1.165) is 35.2 Å². The van der Waals surface area contributed by atoms with Crippen molar-refractivity contribution in [3.8, 4) is 11.1 Å². The molecule has 4 heterocycles. The van der Waals surface area contributed by atoms with Gasteiger partial charge in [0.2, 0.25) is 5.91 Å². The van der Waals surface area contributed by atoms with Gasteiger partial charge in [0, 0.05) is 48.7 Å². The van der Waals surface area contributed by atoms with Crippen LogP contribution in [0.4, 0.5) is 0 Å². The van der Waals surface area contributed by atoms with Crippen LogP contribution in [-0.2, 0) is 9.53 Å². The first-order chi connectivity index (χ1) is 15.2. The minimum atomic E-state index is -0.511. The first-order valence-electron chi connectivity index (χ1n) is 10.5. The van der Waals surface area contributed by atoms with Gasteiger partial charge in [-0.3, -0.25) is 9.78 Å². The normalized spacial score (nSPS) is 20.3. The minimum absolute atomic E-state index is 0.00118. The zero-order valence-electron chi connectivity index (χ0n) is 17.0. The molecule has 2 aromatic heterocycles. The van der Waals surface area contributed by atoms with Crippen LogP contribution in [0.5, 0.6) is 0 Å². The number of likely N-dealkylation sites (tertiary alicyclic amines) is 1. The Hall–Kier alpha value is -3.61. The Bertz CT molecular complexity index is 1120. The molecule has 1 fully saturated rings. The Morgan fingerprint density at radius 2 is 1.94 bits per heavy atom. The number of ether oxygens (including phenoxy) is 1. The summed E-state index contributed by atoms with van der Waals surface area (Å²) in [4.78, 5) is 39.9. The van der Waals surface area contributed by atoms with E-state index in [9.17, 15) is 9.59 Å². The van der Waals surface area contributed by atoms with E-state index in [1.165, 1.54) is 0 Å². The van der Waals surface area contributed by atoms with Crippen LogP contribution >= 0.6 is 0 Å². The fourth-order valence-electron chi connectivity index (χ4n) is 4.50. The Kier molecular flexibility index (Phi) is 5.16. The van der Waals surface area contributed by atoms with Gasteiger partial charge in [0.1, 0.15) is 12.4 Å². The molecule has 1 aromatic carbocycles. The average molecular weight is 414 g/mol.